The molecule has 0 aromatic heterocycles. The molecule has 0 spiro atoms. The summed E-state index contributed by atoms with van der Waals surface area (Å²) < 4.78 is 74.3. The fourth-order valence-electron chi connectivity index (χ4n) is 4.14. The SMILES string of the molecule is O=C1CCCc2cc3c(cc21)OCc1cc(OS(=O)(=O)c2ccc(C(F)(F)F)cc2)ccc1-3. The number of hydrogen-bond acceptors (Lipinski definition) is 5. The van der Waals surface area contributed by atoms with Gasteiger partial charge >= 0.3 is 16.3 Å². The second kappa shape index (κ2) is 7.62. The predicted octanol–water partition coefficient (Wildman–Crippen LogP) is 5.55. The van der Waals surface area contributed by atoms with Crippen LogP contribution >= 0.6 is 0 Å². The van der Waals surface area contributed by atoms with Crippen LogP contribution in [-0.4, -0.2) is 14.2 Å². The molecular formula is C24H17F3O5S. The number of carbonyl (C=O) groups is 1. The molecule has 1 aliphatic carbocycles. The Balaban J connectivity index is 1.44. The number of aryl methyl sites for hydroxylation is 1. The van der Waals surface area contributed by atoms with Crippen LogP contribution in [0.25, 0.3) is 11.1 Å². The number of benzene rings is 3. The fourth-order valence-corrected chi connectivity index (χ4v) is 5.06. The number of halogens is 3. The second-order valence-electron chi connectivity index (χ2n) is 7.95. The van der Waals surface area contributed by atoms with E-state index in [1.807, 2.05) is 6.07 Å². The van der Waals surface area contributed by atoms with Gasteiger partial charge in [0.05, 0.1) is 5.56 Å². The molecule has 0 fully saturated rings. The minimum absolute atomic E-state index is 0.0221. The Morgan fingerprint density at radius 3 is 2.33 bits per heavy atom. The van der Waals surface area contributed by atoms with E-state index >= 15 is 0 Å². The summed E-state index contributed by atoms with van der Waals surface area (Å²) in [6.45, 7) is 0.160. The van der Waals surface area contributed by atoms with Crippen LogP contribution in [0.15, 0.2) is 59.5 Å². The first kappa shape index (κ1) is 21.5. The number of fused-ring (bicyclic) bond motifs is 4. The summed E-state index contributed by atoms with van der Waals surface area (Å²) >= 11 is 0. The van der Waals surface area contributed by atoms with E-state index in [-0.39, 0.29) is 23.0 Å². The lowest BCUT2D eigenvalue weighted by Crippen LogP contribution is -2.14. The van der Waals surface area contributed by atoms with Crippen LogP contribution in [0.4, 0.5) is 13.2 Å². The monoisotopic (exact) mass is 474 g/mol. The van der Waals surface area contributed by atoms with Gasteiger partial charge in [-0.3, -0.25) is 4.79 Å². The molecule has 5 nitrogen and oxygen atoms in total. The fraction of sp³-hybridized carbons (Fsp3) is 0.208. The van der Waals surface area contributed by atoms with Gasteiger partial charge in [-0.25, -0.2) is 0 Å². The Labute approximate surface area is 187 Å². The van der Waals surface area contributed by atoms with Crippen molar-refractivity contribution < 1.29 is 35.3 Å². The minimum Gasteiger partial charge on any atom is -0.488 e. The van der Waals surface area contributed by atoms with Gasteiger partial charge in [0.15, 0.2) is 5.78 Å². The summed E-state index contributed by atoms with van der Waals surface area (Å²) in [4.78, 5) is 11.8. The lowest BCUT2D eigenvalue weighted by Gasteiger charge is -2.25. The molecule has 1 aliphatic heterocycles. The maximum absolute atomic E-state index is 12.7. The van der Waals surface area contributed by atoms with Crippen LogP contribution in [0.5, 0.6) is 11.5 Å². The summed E-state index contributed by atoms with van der Waals surface area (Å²) in [5.41, 5.74) is 3.07. The molecule has 0 N–H and O–H groups in total. The maximum atomic E-state index is 12.7. The minimum atomic E-state index is -4.57. The smallest absolute Gasteiger partial charge is 0.416 e. The Kier molecular flexibility index (Phi) is 4.97. The summed E-state index contributed by atoms with van der Waals surface area (Å²) in [7, 11) is -4.33. The van der Waals surface area contributed by atoms with Gasteiger partial charge in [0.1, 0.15) is 23.0 Å². The second-order valence-corrected chi connectivity index (χ2v) is 9.50. The topological polar surface area (TPSA) is 69.7 Å². The molecule has 33 heavy (non-hydrogen) atoms. The molecule has 0 radical (unpaired) electrons. The molecule has 2 aliphatic rings. The first-order chi connectivity index (χ1) is 15.6. The maximum Gasteiger partial charge on any atom is 0.416 e. The number of ether oxygens (including phenoxy) is 1. The highest BCUT2D eigenvalue weighted by Crippen LogP contribution is 2.42. The lowest BCUT2D eigenvalue weighted by molar-refractivity contribution is -0.137. The predicted molar refractivity (Wildman–Crippen MR) is 113 cm³/mol. The zero-order chi connectivity index (χ0) is 23.4. The van der Waals surface area contributed by atoms with E-state index in [2.05, 4.69) is 0 Å². The van der Waals surface area contributed by atoms with Crippen molar-refractivity contribution in [3.8, 4) is 22.6 Å². The van der Waals surface area contributed by atoms with Crippen LogP contribution in [0.1, 0.15) is 39.9 Å². The molecule has 0 amide bonds. The number of Topliss-reactive ketones (excluding diaryl/α,β-unsaturated/α-hetero) is 1. The molecule has 5 rings (SSSR count). The quantitative estimate of drug-likeness (QED) is 0.466. The molecule has 0 unspecified atom stereocenters. The molecule has 3 aromatic rings. The van der Waals surface area contributed by atoms with Gasteiger partial charge in [0, 0.05) is 23.1 Å². The van der Waals surface area contributed by atoms with E-state index in [4.69, 9.17) is 8.92 Å². The molecule has 0 bridgehead atoms. The number of rotatable bonds is 3. The molecule has 1 heterocycles. The van der Waals surface area contributed by atoms with Crippen LogP contribution in [0.3, 0.4) is 0 Å². The van der Waals surface area contributed by atoms with E-state index in [1.54, 1.807) is 12.1 Å². The highest BCUT2D eigenvalue weighted by Gasteiger charge is 2.31. The normalized spacial score (nSPS) is 15.2. The molecule has 9 heteroatoms. The summed E-state index contributed by atoms with van der Waals surface area (Å²) in [5, 5.41) is 0. The summed E-state index contributed by atoms with van der Waals surface area (Å²) in [6.07, 6.45) is -2.44. The van der Waals surface area contributed by atoms with Gasteiger partial charge in [0.25, 0.3) is 0 Å². The van der Waals surface area contributed by atoms with Crippen LogP contribution in [-0.2, 0) is 29.3 Å². The largest absolute Gasteiger partial charge is 0.488 e. The molecular weight excluding hydrogens is 457 g/mol. The first-order valence-corrected chi connectivity index (χ1v) is 11.6. The van der Waals surface area contributed by atoms with Gasteiger partial charge in [-0.05, 0) is 72.5 Å². The third-order valence-corrected chi connectivity index (χ3v) is 7.04. The number of hydrogen-bond donors (Lipinski definition) is 0. The van der Waals surface area contributed by atoms with Gasteiger partial charge in [0.2, 0.25) is 0 Å². The Bertz CT molecular complexity index is 1380. The van der Waals surface area contributed by atoms with Crippen molar-refractivity contribution in [3.63, 3.8) is 0 Å². The van der Waals surface area contributed by atoms with Crippen LogP contribution in [0.2, 0.25) is 0 Å². The van der Waals surface area contributed by atoms with Crippen LogP contribution < -0.4 is 8.92 Å². The van der Waals surface area contributed by atoms with Crippen molar-refractivity contribution in [3.05, 3.63) is 76.9 Å². The van der Waals surface area contributed by atoms with E-state index < -0.39 is 21.9 Å². The Hall–Kier alpha value is -3.33. The van der Waals surface area contributed by atoms with E-state index in [1.165, 1.54) is 12.1 Å². The van der Waals surface area contributed by atoms with E-state index in [9.17, 15) is 26.4 Å². The molecule has 0 saturated heterocycles. The van der Waals surface area contributed by atoms with Gasteiger partial charge in [-0.15, -0.1) is 0 Å². The number of alkyl halides is 3. The van der Waals surface area contributed by atoms with Crippen molar-refractivity contribution in [2.45, 2.75) is 36.9 Å². The Morgan fingerprint density at radius 1 is 0.848 bits per heavy atom. The highest BCUT2D eigenvalue weighted by atomic mass is 32.2. The standard InChI is InChI=1S/C24H17F3O5S/c25-24(26,27)16-4-7-18(8-5-16)33(29,30)32-17-6-9-19-15(10-17)13-31-23-12-20-14(11-21(19)23)2-1-3-22(20)28/h4-12H,1-3,13H2. The third-order valence-electron chi connectivity index (χ3n) is 5.78. The zero-order valence-electron chi connectivity index (χ0n) is 17.1. The van der Waals surface area contributed by atoms with Gasteiger partial charge < -0.3 is 8.92 Å². The van der Waals surface area contributed by atoms with Gasteiger partial charge in [-0.2, -0.15) is 21.6 Å². The molecule has 0 saturated carbocycles. The van der Waals surface area contributed by atoms with Crippen molar-refractivity contribution in [2.24, 2.45) is 0 Å². The third kappa shape index (κ3) is 3.97. The average molecular weight is 474 g/mol. The van der Waals surface area contributed by atoms with E-state index in [0.717, 1.165) is 41.7 Å². The van der Waals surface area contributed by atoms with Crippen molar-refractivity contribution >= 4 is 15.9 Å². The van der Waals surface area contributed by atoms with Crippen molar-refractivity contribution in [1.29, 1.82) is 0 Å². The molecule has 3 aromatic carbocycles. The van der Waals surface area contributed by atoms with Crippen LogP contribution in [0, 0.1) is 0 Å². The highest BCUT2D eigenvalue weighted by molar-refractivity contribution is 7.87. The molecule has 0 atom stereocenters. The summed E-state index contributed by atoms with van der Waals surface area (Å²) in [5.74, 6) is 0.724. The number of carbonyl (C=O) groups excluding carboxylic acids is 1. The van der Waals surface area contributed by atoms with Gasteiger partial charge in [-0.1, -0.05) is 6.07 Å². The zero-order valence-corrected chi connectivity index (χ0v) is 17.9. The van der Waals surface area contributed by atoms with E-state index in [0.29, 0.717) is 35.4 Å². The number of ketones is 1. The Morgan fingerprint density at radius 2 is 1.61 bits per heavy atom. The van der Waals surface area contributed by atoms with Crippen molar-refractivity contribution in [1.82, 2.24) is 0 Å². The lowest BCUT2D eigenvalue weighted by atomic mass is 9.86. The van der Waals surface area contributed by atoms with Crippen molar-refractivity contribution in [2.75, 3.05) is 0 Å². The summed E-state index contributed by atoms with van der Waals surface area (Å²) in [6, 6.07) is 11.6. The average Bonchev–Trinajstić information content (AvgIpc) is 2.77. The molecule has 170 valence electrons. The first-order valence-electron chi connectivity index (χ1n) is 10.2.